The molecule has 0 amide bonds. The van der Waals surface area contributed by atoms with Crippen LogP contribution in [-0.4, -0.2) is 16.2 Å². The van der Waals surface area contributed by atoms with E-state index in [-0.39, 0.29) is 0 Å². The van der Waals surface area contributed by atoms with E-state index in [9.17, 15) is 0 Å². The zero-order valence-corrected chi connectivity index (χ0v) is 8.64. The summed E-state index contributed by atoms with van der Waals surface area (Å²) in [4.78, 5) is 8.48. The lowest BCUT2D eigenvalue weighted by molar-refractivity contribution is 0.878. The van der Waals surface area contributed by atoms with Gasteiger partial charge in [-0.15, -0.1) is 11.8 Å². The Hall–Kier alpha value is -1.28. The van der Waals surface area contributed by atoms with Gasteiger partial charge in [-0.1, -0.05) is 0 Å². The third-order valence-corrected chi connectivity index (χ3v) is 2.85. The molecule has 0 radical (unpaired) electrons. The fourth-order valence-corrected chi connectivity index (χ4v) is 1.79. The first kappa shape index (κ1) is 9.28. The molecule has 0 atom stereocenters. The SMILES string of the molecule is CSc1nc(C2CC2)nc(N)c1C#N. The number of nitrogens with two attached hydrogens (primary N) is 1. The molecule has 0 unspecified atom stereocenters. The number of anilines is 1. The van der Waals surface area contributed by atoms with Crippen molar-refractivity contribution in [1.29, 1.82) is 5.26 Å². The van der Waals surface area contributed by atoms with Gasteiger partial charge in [0, 0.05) is 5.92 Å². The van der Waals surface area contributed by atoms with Crippen LogP contribution in [0, 0.1) is 11.3 Å². The van der Waals surface area contributed by atoms with Crippen LogP contribution < -0.4 is 5.73 Å². The summed E-state index contributed by atoms with van der Waals surface area (Å²) >= 11 is 1.44. The smallest absolute Gasteiger partial charge is 0.146 e. The standard InChI is InChI=1S/C9H10N4S/c1-14-9-6(4-10)7(11)12-8(13-9)5-2-3-5/h5H,2-3H2,1H3,(H2,11,12,13). The second-order valence-corrected chi connectivity index (χ2v) is 4.03. The first-order chi connectivity index (χ1) is 6.76. The normalized spacial score (nSPS) is 15.1. The zero-order chi connectivity index (χ0) is 10.1. The van der Waals surface area contributed by atoms with E-state index < -0.39 is 0 Å². The van der Waals surface area contributed by atoms with Crippen LogP contribution in [0.2, 0.25) is 0 Å². The monoisotopic (exact) mass is 206 g/mol. The van der Waals surface area contributed by atoms with Crippen LogP contribution in [-0.2, 0) is 0 Å². The summed E-state index contributed by atoms with van der Waals surface area (Å²) < 4.78 is 0. The number of hydrogen-bond donors (Lipinski definition) is 1. The molecule has 0 spiro atoms. The topological polar surface area (TPSA) is 75.6 Å². The molecule has 14 heavy (non-hydrogen) atoms. The van der Waals surface area contributed by atoms with Crippen LogP contribution in [0.4, 0.5) is 5.82 Å². The Labute approximate surface area is 86.5 Å². The minimum atomic E-state index is 0.314. The van der Waals surface area contributed by atoms with E-state index in [0.29, 0.717) is 22.3 Å². The molecule has 1 saturated carbocycles. The molecule has 4 nitrogen and oxygen atoms in total. The molecule has 72 valence electrons. The minimum absolute atomic E-state index is 0.314. The minimum Gasteiger partial charge on any atom is -0.382 e. The van der Waals surface area contributed by atoms with Crippen molar-refractivity contribution in [3.63, 3.8) is 0 Å². The highest BCUT2D eigenvalue weighted by Gasteiger charge is 2.28. The van der Waals surface area contributed by atoms with Gasteiger partial charge < -0.3 is 5.73 Å². The van der Waals surface area contributed by atoms with Gasteiger partial charge in [-0.3, -0.25) is 0 Å². The Bertz CT molecular complexity index is 406. The molecule has 0 saturated heterocycles. The maximum atomic E-state index is 8.85. The summed E-state index contributed by atoms with van der Waals surface area (Å²) in [6.07, 6.45) is 4.16. The summed E-state index contributed by atoms with van der Waals surface area (Å²) in [5, 5.41) is 9.55. The van der Waals surface area contributed by atoms with Gasteiger partial charge in [-0.05, 0) is 19.1 Å². The van der Waals surface area contributed by atoms with Crippen molar-refractivity contribution in [1.82, 2.24) is 9.97 Å². The largest absolute Gasteiger partial charge is 0.382 e. The van der Waals surface area contributed by atoms with Crippen molar-refractivity contribution in [3.05, 3.63) is 11.4 Å². The van der Waals surface area contributed by atoms with E-state index in [4.69, 9.17) is 11.0 Å². The van der Waals surface area contributed by atoms with E-state index in [1.165, 1.54) is 11.8 Å². The molecule has 2 N–H and O–H groups in total. The van der Waals surface area contributed by atoms with Crippen molar-refractivity contribution in [2.24, 2.45) is 0 Å². The molecule has 0 aromatic carbocycles. The van der Waals surface area contributed by atoms with Crippen LogP contribution in [0.25, 0.3) is 0 Å². The number of thioether (sulfide) groups is 1. The average Bonchev–Trinajstić information content (AvgIpc) is 2.99. The Balaban J connectivity index is 2.50. The maximum Gasteiger partial charge on any atom is 0.146 e. The van der Waals surface area contributed by atoms with E-state index in [2.05, 4.69) is 9.97 Å². The van der Waals surface area contributed by atoms with Crippen LogP contribution in [0.1, 0.15) is 30.1 Å². The van der Waals surface area contributed by atoms with Crippen molar-refractivity contribution in [2.45, 2.75) is 23.8 Å². The number of rotatable bonds is 2. The predicted molar refractivity (Wildman–Crippen MR) is 54.9 cm³/mol. The zero-order valence-electron chi connectivity index (χ0n) is 7.82. The van der Waals surface area contributed by atoms with Crippen molar-refractivity contribution < 1.29 is 0 Å². The summed E-state index contributed by atoms with van der Waals surface area (Å²) in [5.41, 5.74) is 6.09. The molecule has 5 heteroatoms. The molecule has 1 aromatic rings. The van der Waals surface area contributed by atoms with E-state index in [1.807, 2.05) is 12.3 Å². The highest BCUT2D eigenvalue weighted by atomic mass is 32.2. The third-order valence-electron chi connectivity index (χ3n) is 2.17. The van der Waals surface area contributed by atoms with Crippen LogP contribution >= 0.6 is 11.8 Å². The first-order valence-electron chi connectivity index (χ1n) is 4.37. The van der Waals surface area contributed by atoms with Crippen molar-refractivity contribution in [2.75, 3.05) is 12.0 Å². The molecule has 1 aliphatic rings. The van der Waals surface area contributed by atoms with Gasteiger partial charge in [0.25, 0.3) is 0 Å². The molecule has 0 bridgehead atoms. The summed E-state index contributed by atoms with van der Waals surface area (Å²) in [5.74, 6) is 1.58. The Morgan fingerprint density at radius 1 is 1.50 bits per heavy atom. The number of nitriles is 1. The second kappa shape index (κ2) is 3.46. The van der Waals surface area contributed by atoms with E-state index in [0.717, 1.165) is 18.7 Å². The van der Waals surface area contributed by atoms with Gasteiger partial charge in [0.2, 0.25) is 0 Å². The number of hydrogen-bond acceptors (Lipinski definition) is 5. The molecular weight excluding hydrogens is 196 g/mol. The number of nitrogen functional groups attached to an aromatic ring is 1. The Morgan fingerprint density at radius 2 is 2.21 bits per heavy atom. The molecule has 1 aromatic heterocycles. The molecule has 1 aliphatic carbocycles. The van der Waals surface area contributed by atoms with E-state index in [1.54, 1.807) is 0 Å². The van der Waals surface area contributed by atoms with Crippen molar-refractivity contribution >= 4 is 17.6 Å². The molecular formula is C9H10N4S. The fourth-order valence-electron chi connectivity index (χ4n) is 1.25. The van der Waals surface area contributed by atoms with Gasteiger partial charge >= 0.3 is 0 Å². The van der Waals surface area contributed by atoms with Crippen LogP contribution in [0.3, 0.4) is 0 Å². The van der Waals surface area contributed by atoms with Crippen LogP contribution in [0.5, 0.6) is 0 Å². The van der Waals surface area contributed by atoms with Gasteiger partial charge in [-0.25, -0.2) is 9.97 Å². The van der Waals surface area contributed by atoms with Crippen molar-refractivity contribution in [3.8, 4) is 6.07 Å². The average molecular weight is 206 g/mol. The lowest BCUT2D eigenvalue weighted by atomic mass is 10.3. The number of nitrogens with zero attached hydrogens (tertiary/aromatic N) is 3. The highest BCUT2D eigenvalue weighted by molar-refractivity contribution is 7.98. The molecule has 0 aliphatic heterocycles. The molecule has 1 fully saturated rings. The Kier molecular flexibility index (Phi) is 2.30. The predicted octanol–water partition coefficient (Wildman–Crippen LogP) is 1.53. The lowest BCUT2D eigenvalue weighted by Gasteiger charge is -2.04. The summed E-state index contributed by atoms with van der Waals surface area (Å²) in [6.45, 7) is 0. The fraction of sp³-hybridized carbons (Fsp3) is 0.444. The second-order valence-electron chi connectivity index (χ2n) is 3.24. The first-order valence-corrected chi connectivity index (χ1v) is 5.60. The van der Waals surface area contributed by atoms with Gasteiger partial charge in [0.1, 0.15) is 28.3 Å². The van der Waals surface area contributed by atoms with E-state index >= 15 is 0 Å². The van der Waals surface area contributed by atoms with Gasteiger partial charge in [0.05, 0.1) is 0 Å². The van der Waals surface area contributed by atoms with Crippen LogP contribution in [0.15, 0.2) is 5.03 Å². The summed E-state index contributed by atoms with van der Waals surface area (Å²) in [7, 11) is 0. The summed E-state index contributed by atoms with van der Waals surface area (Å²) in [6, 6.07) is 2.03. The third kappa shape index (κ3) is 1.53. The highest BCUT2D eigenvalue weighted by Crippen LogP contribution is 2.39. The van der Waals surface area contributed by atoms with Gasteiger partial charge in [0.15, 0.2) is 0 Å². The Morgan fingerprint density at radius 3 is 2.71 bits per heavy atom. The molecule has 1 heterocycles. The molecule has 2 rings (SSSR count). The quantitative estimate of drug-likeness (QED) is 0.586. The van der Waals surface area contributed by atoms with Gasteiger partial charge in [-0.2, -0.15) is 5.26 Å². The number of aromatic nitrogens is 2. The maximum absolute atomic E-state index is 8.85. The lowest BCUT2D eigenvalue weighted by Crippen LogP contribution is -2.03.